The lowest BCUT2D eigenvalue weighted by Crippen LogP contribution is -2.21. The molecule has 0 saturated heterocycles. The van der Waals surface area contributed by atoms with Gasteiger partial charge >= 0.3 is 0 Å². The first-order valence-electron chi connectivity index (χ1n) is 6.57. The number of rotatable bonds is 6. The van der Waals surface area contributed by atoms with Crippen LogP contribution in [0.1, 0.15) is 17.2 Å². The van der Waals surface area contributed by atoms with Crippen LogP contribution in [0.25, 0.3) is 0 Å². The number of hydrogen-bond donors (Lipinski definition) is 2. The highest BCUT2D eigenvalue weighted by Crippen LogP contribution is 2.24. The molecule has 0 aliphatic carbocycles. The van der Waals surface area contributed by atoms with Crippen LogP contribution in [0.15, 0.2) is 42.5 Å². The van der Waals surface area contributed by atoms with Crippen molar-refractivity contribution in [3.05, 3.63) is 64.4 Å². The lowest BCUT2D eigenvalue weighted by molar-refractivity contribution is 0.174. The number of halogens is 2. The van der Waals surface area contributed by atoms with E-state index in [9.17, 15) is 9.50 Å². The second kappa shape index (κ2) is 7.41. The summed E-state index contributed by atoms with van der Waals surface area (Å²) < 4.78 is 17.9. The van der Waals surface area contributed by atoms with Crippen LogP contribution in [0.4, 0.5) is 4.39 Å². The molecule has 5 heteroatoms. The molecule has 0 aromatic heterocycles. The molecule has 1 atom stereocenters. The highest BCUT2D eigenvalue weighted by atomic mass is 35.5. The first kappa shape index (κ1) is 15.8. The summed E-state index contributed by atoms with van der Waals surface area (Å²) >= 11 is 6.04. The summed E-state index contributed by atoms with van der Waals surface area (Å²) in [6, 6.07) is 11.3. The lowest BCUT2D eigenvalue weighted by atomic mass is 10.1. The molecule has 0 bridgehead atoms. The van der Waals surface area contributed by atoms with Crippen LogP contribution in [0.2, 0.25) is 5.02 Å². The van der Waals surface area contributed by atoms with Crippen molar-refractivity contribution in [3.8, 4) is 5.75 Å². The lowest BCUT2D eigenvalue weighted by Gasteiger charge is -2.13. The highest BCUT2D eigenvalue weighted by molar-refractivity contribution is 6.32. The molecule has 0 fully saturated rings. The SMILES string of the molecule is COc1ccc(CNCC(O)c2ccc(F)cc2)cc1Cl. The number of nitrogens with one attached hydrogen (secondary N) is 1. The van der Waals surface area contributed by atoms with Gasteiger partial charge in [-0.15, -0.1) is 0 Å². The molecule has 0 saturated carbocycles. The molecule has 21 heavy (non-hydrogen) atoms. The number of hydrogen-bond acceptors (Lipinski definition) is 3. The topological polar surface area (TPSA) is 41.5 Å². The highest BCUT2D eigenvalue weighted by Gasteiger charge is 2.07. The van der Waals surface area contributed by atoms with Gasteiger partial charge < -0.3 is 15.2 Å². The third-order valence-corrected chi connectivity index (χ3v) is 3.43. The maximum absolute atomic E-state index is 12.8. The average Bonchev–Trinajstić information content (AvgIpc) is 2.48. The number of methoxy groups -OCH3 is 1. The molecule has 0 amide bonds. The Morgan fingerprint density at radius 3 is 2.57 bits per heavy atom. The van der Waals surface area contributed by atoms with Gasteiger partial charge in [0.25, 0.3) is 0 Å². The summed E-state index contributed by atoms with van der Waals surface area (Å²) in [5.41, 5.74) is 1.67. The largest absolute Gasteiger partial charge is 0.495 e. The van der Waals surface area contributed by atoms with E-state index < -0.39 is 6.10 Å². The third-order valence-electron chi connectivity index (χ3n) is 3.14. The minimum absolute atomic E-state index is 0.313. The van der Waals surface area contributed by atoms with Gasteiger partial charge in [0, 0.05) is 13.1 Å². The molecule has 2 N–H and O–H groups in total. The van der Waals surface area contributed by atoms with Crippen molar-refractivity contribution in [2.24, 2.45) is 0 Å². The van der Waals surface area contributed by atoms with Gasteiger partial charge in [-0.1, -0.05) is 29.8 Å². The van der Waals surface area contributed by atoms with Crippen LogP contribution in [0, 0.1) is 5.82 Å². The van der Waals surface area contributed by atoms with Crippen molar-refractivity contribution >= 4 is 11.6 Å². The minimum Gasteiger partial charge on any atom is -0.495 e. The van der Waals surface area contributed by atoms with Gasteiger partial charge in [-0.05, 0) is 35.4 Å². The predicted molar refractivity (Wildman–Crippen MR) is 81.1 cm³/mol. The van der Waals surface area contributed by atoms with E-state index in [1.165, 1.54) is 12.1 Å². The molecule has 0 spiro atoms. The number of benzene rings is 2. The van der Waals surface area contributed by atoms with Crippen molar-refractivity contribution < 1.29 is 14.2 Å². The monoisotopic (exact) mass is 309 g/mol. The molecule has 1 unspecified atom stereocenters. The average molecular weight is 310 g/mol. The van der Waals surface area contributed by atoms with E-state index in [0.717, 1.165) is 5.56 Å². The Kier molecular flexibility index (Phi) is 5.56. The van der Waals surface area contributed by atoms with E-state index in [4.69, 9.17) is 16.3 Å². The van der Waals surface area contributed by atoms with E-state index in [1.807, 2.05) is 12.1 Å². The predicted octanol–water partition coefficient (Wildman–Crippen LogP) is 3.31. The standard InChI is InChI=1S/C16H17ClFNO2/c1-21-16-7-2-11(8-14(16)17)9-19-10-15(20)12-3-5-13(18)6-4-12/h2-8,15,19-20H,9-10H2,1H3. The van der Waals surface area contributed by atoms with Crippen LogP contribution >= 0.6 is 11.6 Å². The first-order valence-corrected chi connectivity index (χ1v) is 6.94. The smallest absolute Gasteiger partial charge is 0.137 e. The van der Waals surface area contributed by atoms with E-state index in [0.29, 0.717) is 29.4 Å². The zero-order valence-electron chi connectivity index (χ0n) is 11.6. The van der Waals surface area contributed by atoms with Gasteiger partial charge in [-0.25, -0.2) is 4.39 Å². The fraction of sp³-hybridized carbons (Fsp3) is 0.250. The Labute approximate surface area is 128 Å². The zero-order chi connectivity index (χ0) is 15.2. The molecule has 0 aliphatic rings. The van der Waals surface area contributed by atoms with Crippen LogP contribution in [-0.4, -0.2) is 18.8 Å². The molecule has 0 radical (unpaired) electrons. The van der Waals surface area contributed by atoms with E-state index in [2.05, 4.69) is 5.32 Å². The molecular weight excluding hydrogens is 293 g/mol. The fourth-order valence-corrected chi connectivity index (χ4v) is 2.26. The van der Waals surface area contributed by atoms with Crippen LogP contribution < -0.4 is 10.1 Å². The molecular formula is C16H17ClFNO2. The quantitative estimate of drug-likeness (QED) is 0.860. The molecule has 2 aromatic rings. The molecule has 2 rings (SSSR count). The number of ether oxygens (including phenoxy) is 1. The van der Waals surface area contributed by atoms with Crippen LogP contribution in [0.5, 0.6) is 5.75 Å². The summed E-state index contributed by atoms with van der Waals surface area (Å²) in [6.45, 7) is 0.942. The Morgan fingerprint density at radius 1 is 1.24 bits per heavy atom. The van der Waals surface area contributed by atoms with E-state index >= 15 is 0 Å². The van der Waals surface area contributed by atoms with Gasteiger partial charge in [-0.3, -0.25) is 0 Å². The Hall–Kier alpha value is -1.62. The van der Waals surface area contributed by atoms with Gasteiger partial charge in [0.2, 0.25) is 0 Å². The van der Waals surface area contributed by atoms with Gasteiger partial charge in [-0.2, -0.15) is 0 Å². The van der Waals surface area contributed by atoms with Gasteiger partial charge in [0.05, 0.1) is 18.2 Å². The van der Waals surface area contributed by atoms with Crippen molar-refractivity contribution in [2.75, 3.05) is 13.7 Å². The number of aliphatic hydroxyl groups is 1. The Bertz CT molecular complexity index is 589. The summed E-state index contributed by atoms with van der Waals surface area (Å²) in [5.74, 6) is 0.318. The van der Waals surface area contributed by atoms with Gasteiger partial charge in [0.15, 0.2) is 0 Å². The van der Waals surface area contributed by atoms with Crippen molar-refractivity contribution in [2.45, 2.75) is 12.6 Å². The minimum atomic E-state index is -0.681. The molecule has 112 valence electrons. The second-order valence-electron chi connectivity index (χ2n) is 4.67. The Morgan fingerprint density at radius 2 is 1.95 bits per heavy atom. The van der Waals surface area contributed by atoms with Gasteiger partial charge in [0.1, 0.15) is 11.6 Å². The fourth-order valence-electron chi connectivity index (χ4n) is 1.98. The molecule has 0 aliphatic heterocycles. The summed E-state index contributed by atoms with van der Waals surface area (Å²) in [7, 11) is 1.57. The van der Waals surface area contributed by atoms with Crippen molar-refractivity contribution in [1.82, 2.24) is 5.32 Å². The number of aliphatic hydroxyl groups excluding tert-OH is 1. The summed E-state index contributed by atoms with van der Waals surface area (Å²) in [6.07, 6.45) is -0.681. The maximum atomic E-state index is 12.8. The van der Waals surface area contributed by atoms with Crippen LogP contribution in [0.3, 0.4) is 0 Å². The third kappa shape index (κ3) is 4.43. The summed E-state index contributed by atoms with van der Waals surface area (Å²) in [5, 5.41) is 13.7. The van der Waals surface area contributed by atoms with Crippen LogP contribution in [-0.2, 0) is 6.54 Å². The first-order chi connectivity index (χ1) is 10.1. The molecule has 3 nitrogen and oxygen atoms in total. The summed E-state index contributed by atoms with van der Waals surface area (Å²) in [4.78, 5) is 0. The zero-order valence-corrected chi connectivity index (χ0v) is 12.4. The molecule has 2 aromatic carbocycles. The van der Waals surface area contributed by atoms with Crippen molar-refractivity contribution in [1.29, 1.82) is 0 Å². The van der Waals surface area contributed by atoms with E-state index in [-0.39, 0.29) is 5.82 Å². The molecule has 0 heterocycles. The maximum Gasteiger partial charge on any atom is 0.137 e. The van der Waals surface area contributed by atoms with E-state index in [1.54, 1.807) is 25.3 Å². The van der Waals surface area contributed by atoms with Crippen molar-refractivity contribution in [3.63, 3.8) is 0 Å². The normalized spacial score (nSPS) is 12.2. The Balaban J connectivity index is 1.86. The second-order valence-corrected chi connectivity index (χ2v) is 5.07.